The number of rotatable bonds is 8. The number of aromatic amines is 1. The highest BCUT2D eigenvalue weighted by molar-refractivity contribution is 6.14. The lowest BCUT2D eigenvalue weighted by molar-refractivity contribution is -0.188. The summed E-state index contributed by atoms with van der Waals surface area (Å²) in [5.41, 5.74) is 4.85. The number of esters is 3. The molecule has 4 atom stereocenters. The van der Waals surface area contributed by atoms with Crippen molar-refractivity contribution >= 4 is 45.3 Å². The van der Waals surface area contributed by atoms with E-state index in [4.69, 9.17) is 24.7 Å². The van der Waals surface area contributed by atoms with Crippen LogP contribution in [-0.4, -0.2) is 62.3 Å². The standard InChI is InChI=1S/C24H29N5O8/c1-5-17(30)34-11-16-21(36-18(31)6-2)24(4,37-19(32)7-3)23(35-16)29-10-13-14(25)8-12-20(13)15(28-29)9-26-27-22(12)33/h8-10,16,21,23H,5-7,11,25H2,1-4H3,(H,27,33). The predicted octanol–water partition coefficient (Wildman–Crippen LogP) is 1.74. The minimum absolute atomic E-state index is 0.0498. The molecular formula is C24H29N5O8. The number of H-pyrrole nitrogens is 1. The van der Waals surface area contributed by atoms with Crippen LogP contribution in [0.25, 0.3) is 21.7 Å². The quantitative estimate of drug-likeness (QED) is 0.330. The van der Waals surface area contributed by atoms with Crippen molar-refractivity contribution < 1.29 is 33.3 Å². The van der Waals surface area contributed by atoms with Crippen molar-refractivity contribution in [2.24, 2.45) is 0 Å². The zero-order chi connectivity index (χ0) is 26.9. The van der Waals surface area contributed by atoms with Crippen LogP contribution in [0.3, 0.4) is 0 Å². The number of carbonyl (C=O) groups excluding carboxylic acids is 3. The fourth-order valence-electron chi connectivity index (χ4n) is 4.40. The van der Waals surface area contributed by atoms with Crippen molar-refractivity contribution in [3.8, 4) is 0 Å². The van der Waals surface area contributed by atoms with Gasteiger partial charge in [-0.3, -0.25) is 19.2 Å². The molecule has 0 bridgehead atoms. The molecule has 3 heterocycles. The average Bonchev–Trinajstić information content (AvgIpc) is 3.29. The molecule has 0 spiro atoms. The molecule has 0 saturated carbocycles. The van der Waals surface area contributed by atoms with Crippen LogP contribution in [0.5, 0.6) is 0 Å². The van der Waals surface area contributed by atoms with Gasteiger partial charge in [-0.05, 0) is 13.0 Å². The summed E-state index contributed by atoms with van der Waals surface area (Å²) in [6.45, 7) is 6.21. The highest BCUT2D eigenvalue weighted by Crippen LogP contribution is 2.44. The first-order valence-electron chi connectivity index (χ1n) is 12.0. The number of nitrogens with one attached hydrogen (secondary N) is 1. The molecule has 3 N–H and O–H groups in total. The summed E-state index contributed by atoms with van der Waals surface area (Å²) in [5.74, 6) is -1.59. The number of hydrogen-bond donors (Lipinski definition) is 2. The number of hydrogen-bond acceptors (Lipinski definition) is 11. The first-order chi connectivity index (χ1) is 17.6. The largest absolute Gasteiger partial charge is 0.463 e. The number of aromatic nitrogens is 4. The highest BCUT2D eigenvalue weighted by Gasteiger charge is 2.60. The van der Waals surface area contributed by atoms with E-state index in [2.05, 4.69) is 15.3 Å². The third kappa shape index (κ3) is 4.73. The number of nitrogens with two attached hydrogens (primary N) is 1. The van der Waals surface area contributed by atoms with E-state index in [0.29, 0.717) is 27.4 Å². The molecule has 4 rings (SSSR count). The molecule has 13 nitrogen and oxygen atoms in total. The molecule has 0 amide bonds. The summed E-state index contributed by atoms with van der Waals surface area (Å²) in [4.78, 5) is 49.2. The summed E-state index contributed by atoms with van der Waals surface area (Å²) in [7, 11) is 0. The smallest absolute Gasteiger partial charge is 0.306 e. The molecule has 198 valence electrons. The number of ether oxygens (including phenoxy) is 4. The molecule has 0 aliphatic carbocycles. The Morgan fingerprint density at radius 1 is 1.14 bits per heavy atom. The topological polar surface area (TPSA) is 178 Å². The van der Waals surface area contributed by atoms with Gasteiger partial charge in [-0.2, -0.15) is 10.2 Å². The Labute approximate surface area is 211 Å². The Bertz CT molecular complexity index is 1420. The van der Waals surface area contributed by atoms with E-state index in [-0.39, 0.29) is 25.9 Å². The van der Waals surface area contributed by atoms with Crippen molar-refractivity contribution in [1.29, 1.82) is 0 Å². The Hall–Kier alpha value is -4.00. The molecule has 1 aliphatic heterocycles. The minimum atomic E-state index is -1.57. The Morgan fingerprint density at radius 2 is 1.84 bits per heavy atom. The highest BCUT2D eigenvalue weighted by atomic mass is 16.7. The summed E-state index contributed by atoms with van der Waals surface area (Å²) in [6, 6.07) is 1.52. The zero-order valence-corrected chi connectivity index (χ0v) is 21.0. The summed E-state index contributed by atoms with van der Waals surface area (Å²) in [5, 5.41) is 12.2. The van der Waals surface area contributed by atoms with E-state index in [1.807, 2.05) is 0 Å². The molecule has 2 aromatic heterocycles. The SMILES string of the molecule is CCC(=O)OCC1OC(n2cc3c(N)cc4c(=O)[nH]ncc(n2)c34)C(C)(OC(=O)CC)C1OC(=O)CC. The van der Waals surface area contributed by atoms with Gasteiger partial charge in [-0.15, -0.1) is 0 Å². The van der Waals surface area contributed by atoms with Gasteiger partial charge in [0.1, 0.15) is 18.2 Å². The molecule has 13 heteroatoms. The van der Waals surface area contributed by atoms with Crippen molar-refractivity contribution in [3.63, 3.8) is 0 Å². The van der Waals surface area contributed by atoms with Crippen LogP contribution < -0.4 is 11.3 Å². The summed E-state index contributed by atoms with van der Waals surface area (Å²) < 4.78 is 24.4. The van der Waals surface area contributed by atoms with Crippen LogP contribution in [0, 0.1) is 0 Å². The second-order valence-corrected chi connectivity index (χ2v) is 8.83. The van der Waals surface area contributed by atoms with E-state index in [1.165, 1.54) is 16.9 Å². The first-order valence-corrected chi connectivity index (χ1v) is 12.0. The van der Waals surface area contributed by atoms with Crippen LogP contribution in [0.2, 0.25) is 0 Å². The fourth-order valence-corrected chi connectivity index (χ4v) is 4.40. The summed E-state index contributed by atoms with van der Waals surface area (Å²) in [6.07, 6.45) is -0.0447. The van der Waals surface area contributed by atoms with Gasteiger partial charge in [0.05, 0.1) is 11.6 Å². The van der Waals surface area contributed by atoms with Gasteiger partial charge in [0.25, 0.3) is 5.56 Å². The Balaban J connectivity index is 1.88. The molecule has 4 unspecified atom stereocenters. The van der Waals surface area contributed by atoms with E-state index in [1.54, 1.807) is 33.9 Å². The molecule has 1 aliphatic rings. The van der Waals surface area contributed by atoms with Crippen molar-refractivity contribution in [2.45, 2.75) is 71.0 Å². The maximum atomic E-state index is 12.5. The van der Waals surface area contributed by atoms with Gasteiger partial charge in [0.2, 0.25) is 0 Å². The number of carbonyl (C=O) groups is 3. The lowest BCUT2D eigenvalue weighted by Gasteiger charge is -2.34. The van der Waals surface area contributed by atoms with E-state index in [0.717, 1.165) is 0 Å². The van der Waals surface area contributed by atoms with Crippen LogP contribution in [-0.2, 0) is 33.3 Å². The minimum Gasteiger partial charge on any atom is -0.463 e. The van der Waals surface area contributed by atoms with Crippen LogP contribution in [0.15, 0.2) is 23.3 Å². The third-order valence-corrected chi connectivity index (χ3v) is 6.29. The molecule has 1 fully saturated rings. The second-order valence-electron chi connectivity index (χ2n) is 8.83. The van der Waals surface area contributed by atoms with E-state index in [9.17, 15) is 19.2 Å². The lowest BCUT2D eigenvalue weighted by atomic mass is 9.95. The number of nitrogens with zero attached hydrogens (tertiary/aromatic N) is 3. The lowest BCUT2D eigenvalue weighted by Crippen LogP contribution is -2.50. The molecule has 3 aromatic rings. The van der Waals surface area contributed by atoms with Gasteiger partial charge in [-0.25, -0.2) is 9.78 Å². The fraction of sp³-hybridized carbons (Fsp3) is 0.500. The van der Waals surface area contributed by atoms with Crippen molar-refractivity contribution in [2.75, 3.05) is 12.3 Å². The predicted molar refractivity (Wildman–Crippen MR) is 130 cm³/mol. The normalized spacial score (nSPS) is 23.3. The molecule has 37 heavy (non-hydrogen) atoms. The van der Waals surface area contributed by atoms with Crippen LogP contribution in [0.1, 0.15) is 53.2 Å². The second kappa shape index (κ2) is 10.2. The van der Waals surface area contributed by atoms with Gasteiger partial charge in [-0.1, -0.05) is 20.8 Å². The van der Waals surface area contributed by atoms with Crippen molar-refractivity contribution in [3.05, 3.63) is 28.8 Å². The monoisotopic (exact) mass is 515 g/mol. The molecule has 1 aromatic carbocycles. The maximum Gasteiger partial charge on any atom is 0.306 e. The van der Waals surface area contributed by atoms with Gasteiger partial charge in [0.15, 0.2) is 17.9 Å². The molecule has 1 saturated heterocycles. The van der Waals surface area contributed by atoms with Gasteiger partial charge in [0, 0.05) is 41.9 Å². The third-order valence-electron chi connectivity index (χ3n) is 6.29. The summed E-state index contributed by atoms with van der Waals surface area (Å²) >= 11 is 0. The van der Waals surface area contributed by atoms with E-state index < -0.39 is 47.5 Å². The van der Waals surface area contributed by atoms with Crippen molar-refractivity contribution in [1.82, 2.24) is 20.0 Å². The van der Waals surface area contributed by atoms with Crippen LogP contribution in [0.4, 0.5) is 5.69 Å². The zero-order valence-electron chi connectivity index (χ0n) is 21.0. The van der Waals surface area contributed by atoms with Gasteiger partial charge < -0.3 is 24.7 Å². The Morgan fingerprint density at radius 3 is 2.51 bits per heavy atom. The molecular weight excluding hydrogens is 486 g/mol. The first kappa shape index (κ1) is 26.1. The number of anilines is 1. The maximum absolute atomic E-state index is 12.5. The van der Waals surface area contributed by atoms with E-state index >= 15 is 0 Å². The van der Waals surface area contributed by atoms with Crippen LogP contribution >= 0.6 is 0 Å². The number of nitrogen functional groups attached to an aromatic ring is 1. The van der Waals surface area contributed by atoms with Gasteiger partial charge >= 0.3 is 17.9 Å². The Kier molecular flexibility index (Phi) is 7.16. The molecule has 0 radical (unpaired) electrons. The average molecular weight is 516 g/mol.